The fraction of sp³-hybridized carbons (Fsp3) is 0. The lowest BCUT2D eigenvalue weighted by Crippen LogP contribution is -1.77. The zero-order valence-electron chi connectivity index (χ0n) is 6.73. The molecule has 0 spiro atoms. The van der Waals surface area contributed by atoms with Crippen molar-refractivity contribution in [3.63, 3.8) is 0 Å². The summed E-state index contributed by atoms with van der Waals surface area (Å²) in [5, 5.41) is 10.2. The minimum Gasteiger partial charge on any atom is -0.508 e. The van der Waals surface area contributed by atoms with Crippen LogP contribution in [-0.4, -0.2) is 10.1 Å². The number of benzene rings is 1. The molecule has 0 bridgehead atoms. The Morgan fingerprint density at radius 1 is 1.23 bits per heavy atom. The highest BCUT2D eigenvalue weighted by Gasteiger charge is 1.97. The number of pyridine rings is 1. The van der Waals surface area contributed by atoms with Crippen molar-refractivity contribution < 1.29 is 5.11 Å². The second kappa shape index (κ2) is 3.11. The molecule has 13 heavy (non-hydrogen) atoms. The van der Waals surface area contributed by atoms with E-state index in [9.17, 15) is 5.11 Å². The zero-order valence-corrected chi connectivity index (χ0v) is 7.73. The molecule has 0 unspecified atom stereocenters. The topological polar surface area (TPSA) is 45.5 Å². The van der Waals surface area contributed by atoms with Gasteiger partial charge in [0, 0.05) is 11.5 Å². The molecule has 0 saturated heterocycles. The SMILES string of the molecule is Oc1ccc2ccc(N=P)nc2c1. The molecular formula is C9H7N2OP. The molecule has 64 valence electrons. The molecule has 1 aromatic carbocycles. The first-order chi connectivity index (χ1) is 6.29. The van der Waals surface area contributed by atoms with E-state index in [4.69, 9.17) is 0 Å². The summed E-state index contributed by atoms with van der Waals surface area (Å²) in [5.41, 5.74) is 0.736. The van der Waals surface area contributed by atoms with Crippen molar-refractivity contribution in [2.75, 3.05) is 0 Å². The van der Waals surface area contributed by atoms with Crippen molar-refractivity contribution in [2.24, 2.45) is 4.74 Å². The van der Waals surface area contributed by atoms with E-state index in [0.29, 0.717) is 5.82 Å². The van der Waals surface area contributed by atoms with Crippen molar-refractivity contribution in [3.05, 3.63) is 30.3 Å². The lowest BCUT2D eigenvalue weighted by Gasteiger charge is -1.98. The molecule has 0 saturated carbocycles. The Balaban J connectivity index is 2.74. The Labute approximate surface area is 77.4 Å². The van der Waals surface area contributed by atoms with Gasteiger partial charge in [-0.25, -0.2) is 9.73 Å². The van der Waals surface area contributed by atoms with Crippen molar-refractivity contribution in [3.8, 4) is 5.75 Å². The summed E-state index contributed by atoms with van der Waals surface area (Å²) in [7, 11) is 3.01. The van der Waals surface area contributed by atoms with Crippen LogP contribution in [0.15, 0.2) is 35.1 Å². The van der Waals surface area contributed by atoms with Gasteiger partial charge in [-0.1, -0.05) is 0 Å². The molecule has 0 aliphatic heterocycles. The summed E-state index contributed by atoms with van der Waals surface area (Å²) < 4.78 is 3.76. The second-order valence-corrected chi connectivity index (χ2v) is 2.88. The maximum absolute atomic E-state index is 9.21. The number of hydrogen-bond donors (Lipinski definition) is 1. The van der Waals surface area contributed by atoms with E-state index >= 15 is 0 Å². The molecule has 1 heterocycles. The molecular weight excluding hydrogens is 183 g/mol. The van der Waals surface area contributed by atoms with Gasteiger partial charge in [0.2, 0.25) is 0 Å². The van der Waals surface area contributed by atoms with Crippen LogP contribution in [0.3, 0.4) is 0 Å². The fourth-order valence-corrected chi connectivity index (χ4v) is 1.28. The number of fused-ring (bicyclic) bond motifs is 1. The van der Waals surface area contributed by atoms with Crippen LogP contribution in [-0.2, 0) is 0 Å². The van der Waals surface area contributed by atoms with Crippen molar-refractivity contribution in [2.45, 2.75) is 0 Å². The van der Waals surface area contributed by atoms with Crippen molar-refractivity contribution in [1.29, 1.82) is 0 Å². The Hall–Kier alpha value is -1.47. The molecule has 3 nitrogen and oxygen atoms in total. The van der Waals surface area contributed by atoms with Crippen LogP contribution < -0.4 is 0 Å². The van der Waals surface area contributed by atoms with E-state index in [0.717, 1.165) is 10.9 Å². The largest absolute Gasteiger partial charge is 0.508 e. The first-order valence-corrected chi connectivity index (χ1v) is 4.21. The molecule has 2 aromatic rings. The lowest BCUT2D eigenvalue weighted by molar-refractivity contribution is 0.476. The highest BCUT2D eigenvalue weighted by atomic mass is 31.0. The average molecular weight is 190 g/mol. The molecule has 0 radical (unpaired) electrons. The third-order valence-corrected chi connectivity index (χ3v) is 2.00. The number of nitrogens with zero attached hydrogens (tertiary/aromatic N) is 2. The van der Waals surface area contributed by atoms with Gasteiger partial charge < -0.3 is 5.11 Å². The lowest BCUT2D eigenvalue weighted by atomic mass is 10.2. The first kappa shape index (κ1) is 8.14. The average Bonchev–Trinajstić information content (AvgIpc) is 2.16. The summed E-state index contributed by atoms with van der Waals surface area (Å²) in [6.45, 7) is 0. The van der Waals surface area contributed by atoms with Gasteiger partial charge in [0.05, 0.1) is 5.52 Å². The van der Waals surface area contributed by atoms with E-state index in [1.807, 2.05) is 12.1 Å². The standard InChI is InChI=1S/C9H7N2OP/c12-7-3-1-6-2-4-9(11-13)10-8(6)5-7/h1-5,12-13H. The van der Waals surface area contributed by atoms with Gasteiger partial charge in [-0.15, -0.1) is 0 Å². The van der Waals surface area contributed by atoms with Crippen LogP contribution in [0, 0.1) is 0 Å². The minimum atomic E-state index is 0.214. The van der Waals surface area contributed by atoms with Crippen LogP contribution in [0.2, 0.25) is 0 Å². The van der Waals surface area contributed by atoms with Gasteiger partial charge in [0.1, 0.15) is 5.75 Å². The van der Waals surface area contributed by atoms with Gasteiger partial charge in [-0.3, -0.25) is 0 Å². The molecule has 2 rings (SSSR count). The summed E-state index contributed by atoms with van der Waals surface area (Å²) in [6.07, 6.45) is 0. The Morgan fingerprint density at radius 3 is 2.77 bits per heavy atom. The van der Waals surface area contributed by atoms with E-state index in [1.165, 1.54) is 0 Å². The van der Waals surface area contributed by atoms with Crippen molar-refractivity contribution >= 4 is 25.8 Å². The Morgan fingerprint density at radius 2 is 2.00 bits per heavy atom. The third kappa shape index (κ3) is 1.51. The molecule has 1 aromatic heterocycles. The Bertz CT molecular complexity index is 470. The Kier molecular flexibility index (Phi) is 1.95. The zero-order chi connectivity index (χ0) is 9.26. The monoisotopic (exact) mass is 190 g/mol. The second-order valence-electron chi connectivity index (χ2n) is 2.66. The molecule has 1 N–H and O–H groups in total. The maximum atomic E-state index is 9.21. The van der Waals surface area contributed by atoms with Crippen LogP contribution in [0.4, 0.5) is 5.82 Å². The highest BCUT2D eigenvalue weighted by Crippen LogP contribution is 2.21. The molecule has 4 heteroatoms. The number of hydrogen-bond acceptors (Lipinski definition) is 3. The van der Waals surface area contributed by atoms with E-state index in [1.54, 1.807) is 18.2 Å². The van der Waals surface area contributed by atoms with Crippen LogP contribution in [0.25, 0.3) is 10.9 Å². The van der Waals surface area contributed by atoms with Crippen LogP contribution in [0.1, 0.15) is 0 Å². The number of phenols is 1. The van der Waals surface area contributed by atoms with E-state index in [2.05, 4.69) is 18.8 Å². The molecule has 0 amide bonds. The molecule has 0 aliphatic carbocycles. The fourth-order valence-electron chi connectivity index (χ4n) is 1.16. The van der Waals surface area contributed by atoms with Gasteiger partial charge in [0.25, 0.3) is 0 Å². The quantitative estimate of drug-likeness (QED) is 0.702. The minimum absolute atomic E-state index is 0.214. The van der Waals surface area contributed by atoms with Crippen LogP contribution >= 0.6 is 9.03 Å². The highest BCUT2D eigenvalue weighted by molar-refractivity contribution is 7.04. The van der Waals surface area contributed by atoms with Gasteiger partial charge in [0.15, 0.2) is 5.82 Å². The number of aromatic nitrogens is 1. The number of rotatable bonds is 1. The van der Waals surface area contributed by atoms with Crippen molar-refractivity contribution in [1.82, 2.24) is 4.98 Å². The predicted octanol–water partition coefficient (Wildman–Crippen LogP) is 2.90. The normalized spacial score (nSPS) is 10.2. The summed E-state index contributed by atoms with van der Waals surface area (Å²) in [6, 6.07) is 8.76. The summed E-state index contributed by atoms with van der Waals surface area (Å²) in [5.74, 6) is 0.806. The molecule has 0 aliphatic rings. The number of aromatic hydroxyl groups is 1. The first-order valence-electron chi connectivity index (χ1n) is 3.77. The van der Waals surface area contributed by atoms with Crippen LogP contribution in [0.5, 0.6) is 5.75 Å². The number of phenolic OH excluding ortho intramolecular Hbond substituents is 1. The summed E-state index contributed by atoms with van der Waals surface area (Å²) in [4.78, 5) is 4.18. The smallest absolute Gasteiger partial charge is 0.156 e. The van der Waals surface area contributed by atoms with Gasteiger partial charge in [-0.05, 0) is 33.3 Å². The van der Waals surface area contributed by atoms with Gasteiger partial charge >= 0.3 is 0 Å². The maximum Gasteiger partial charge on any atom is 0.156 e. The third-order valence-electron chi connectivity index (χ3n) is 1.78. The van der Waals surface area contributed by atoms with E-state index < -0.39 is 0 Å². The van der Waals surface area contributed by atoms with Gasteiger partial charge in [-0.2, -0.15) is 0 Å². The molecule has 0 atom stereocenters. The van der Waals surface area contributed by atoms with E-state index in [-0.39, 0.29) is 5.75 Å². The molecule has 0 fully saturated rings. The predicted molar refractivity (Wildman–Crippen MR) is 53.8 cm³/mol. The summed E-state index contributed by atoms with van der Waals surface area (Å²) >= 11 is 0.